The summed E-state index contributed by atoms with van der Waals surface area (Å²) < 4.78 is 29.7. The van der Waals surface area contributed by atoms with Crippen molar-refractivity contribution in [3.8, 4) is 0 Å². The summed E-state index contributed by atoms with van der Waals surface area (Å²) in [7, 11) is 0. The van der Waals surface area contributed by atoms with Crippen molar-refractivity contribution in [3.63, 3.8) is 0 Å². The molecule has 0 bridgehead atoms. The summed E-state index contributed by atoms with van der Waals surface area (Å²) in [4.78, 5) is 8.62. The van der Waals surface area contributed by atoms with Crippen LogP contribution in [0.3, 0.4) is 0 Å². The average Bonchev–Trinajstić information content (AvgIpc) is 2.53. The van der Waals surface area contributed by atoms with E-state index in [2.05, 4.69) is 20.0 Å². The number of aromatic nitrogens is 2. The summed E-state index contributed by atoms with van der Waals surface area (Å²) in [6.45, 7) is 2.94. The van der Waals surface area contributed by atoms with Crippen LogP contribution in [0.1, 0.15) is 30.7 Å². The molecule has 1 heterocycles. The first kappa shape index (κ1) is 17.2. The minimum absolute atomic E-state index is 0.150. The number of nitrogens with one attached hydrogen (secondary N) is 1. The van der Waals surface area contributed by atoms with Gasteiger partial charge in [-0.25, -0.2) is 9.97 Å². The minimum Gasteiger partial charge on any atom is -0.325 e. The second kappa shape index (κ2) is 7.43. The molecule has 0 unspecified atom stereocenters. The predicted octanol–water partition coefficient (Wildman–Crippen LogP) is 3.37. The summed E-state index contributed by atoms with van der Waals surface area (Å²) >= 11 is 0. The zero-order valence-electron chi connectivity index (χ0n) is 13.1. The van der Waals surface area contributed by atoms with E-state index in [0.717, 1.165) is 30.3 Å². The molecule has 3 N–H and O–H groups in total. The Hall–Kier alpha value is -2.12. The van der Waals surface area contributed by atoms with E-state index in [0.29, 0.717) is 18.1 Å². The van der Waals surface area contributed by atoms with Gasteiger partial charge in [-0.05, 0) is 29.7 Å². The molecule has 0 saturated heterocycles. The smallest absolute Gasteiger partial charge is 0.325 e. The van der Waals surface area contributed by atoms with Crippen molar-refractivity contribution in [2.24, 2.45) is 5.73 Å². The van der Waals surface area contributed by atoms with Crippen molar-refractivity contribution in [1.29, 1.82) is 0 Å². The second-order valence-electron chi connectivity index (χ2n) is 5.14. The topological polar surface area (TPSA) is 73.1 Å². The van der Waals surface area contributed by atoms with E-state index in [1.165, 1.54) is 0 Å². The second-order valence-corrected chi connectivity index (χ2v) is 5.14. The van der Waals surface area contributed by atoms with Crippen LogP contribution in [-0.4, -0.2) is 16.1 Å². The van der Waals surface area contributed by atoms with Gasteiger partial charge in [0, 0.05) is 25.4 Å². The number of rotatable bonds is 7. The van der Waals surface area contributed by atoms with E-state index < -0.39 is 6.11 Å². The summed E-state index contributed by atoms with van der Waals surface area (Å²) in [5.41, 5.74) is 8.92. The predicted molar refractivity (Wildman–Crippen MR) is 84.4 cm³/mol. The number of hydrogen-bond acceptors (Lipinski definition) is 5. The molecule has 0 saturated carbocycles. The van der Waals surface area contributed by atoms with Gasteiger partial charge < -0.3 is 15.8 Å². The normalized spacial score (nSPS) is 11.5. The first-order chi connectivity index (χ1) is 10.9. The van der Waals surface area contributed by atoms with Gasteiger partial charge in [0.1, 0.15) is 0 Å². The Balaban J connectivity index is 2.03. The molecule has 0 fully saturated rings. The Bertz CT molecular complexity index is 642. The zero-order chi connectivity index (χ0) is 16.9. The van der Waals surface area contributed by atoms with Crippen LogP contribution in [0.4, 0.5) is 20.4 Å². The van der Waals surface area contributed by atoms with Crippen molar-refractivity contribution in [3.05, 3.63) is 47.3 Å². The van der Waals surface area contributed by atoms with Gasteiger partial charge in [0.05, 0.1) is 12.3 Å². The van der Waals surface area contributed by atoms with E-state index in [4.69, 9.17) is 5.73 Å². The van der Waals surface area contributed by atoms with E-state index in [1.54, 1.807) is 30.5 Å². The molecule has 0 aliphatic rings. The maximum Gasteiger partial charge on any atom is 0.353 e. The molecule has 7 heteroatoms. The highest BCUT2D eigenvalue weighted by Gasteiger charge is 2.21. The fraction of sp³-hybridized carbons (Fsp3) is 0.375. The number of benzene rings is 1. The zero-order valence-corrected chi connectivity index (χ0v) is 13.1. The lowest BCUT2D eigenvalue weighted by Crippen LogP contribution is -2.14. The van der Waals surface area contributed by atoms with E-state index in [9.17, 15) is 8.78 Å². The molecule has 0 radical (unpaired) electrons. The van der Waals surface area contributed by atoms with Crippen molar-refractivity contribution >= 4 is 11.6 Å². The largest absolute Gasteiger partial charge is 0.353 e. The van der Waals surface area contributed by atoms with Gasteiger partial charge in [0.2, 0.25) is 5.95 Å². The fourth-order valence-electron chi connectivity index (χ4n) is 2.00. The minimum atomic E-state index is -3.13. The highest BCUT2D eigenvalue weighted by Crippen LogP contribution is 2.19. The Labute approximate surface area is 133 Å². The first-order valence-corrected chi connectivity index (χ1v) is 7.34. The van der Waals surface area contributed by atoms with Crippen molar-refractivity contribution < 1.29 is 13.5 Å². The number of hydrogen-bond donors (Lipinski definition) is 2. The van der Waals surface area contributed by atoms with Crippen LogP contribution in [0.15, 0.2) is 30.5 Å². The van der Waals surface area contributed by atoms with Crippen molar-refractivity contribution in [1.82, 2.24) is 9.97 Å². The molecule has 0 spiro atoms. The lowest BCUT2D eigenvalue weighted by atomic mass is 10.2. The molecule has 0 atom stereocenters. The lowest BCUT2D eigenvalue weighted by Gasteiger charge is -2.12. The molecule has 124 valence electrons. The maximum atomic E-state index is 12.6. The van der Waals surface area contributed by atoms with E-state index >= 15 is 0 Å². The van der Waals surface area contributed by atoms with Crippen LogP contribution in [0.25, 0.3) is 0 Å². The molecule has 0 aliphatic carbocycles. The molecule has 0 aliphatic heterocycles. The number of anilines is 2. The van der Waals surface area contributed by atoms with Gasteiger partial charge in [0.25, 0.3) is 0 Å². The van der Waals surface area contributed by atoms with Crippen molar-refractivity contribution in [2.75, 3.05) is 5.32 Å². The van der Waals surface area contributed by atoms with Gasteiger partial charge >= 0.3 is 6.11 Å². The number of alkyl halides is 2. The Morgan fingerprint density at radius 3 is 2.52 bits per heavy atom. The van der Waals surface area contributed by atoms with Gasteiger partial charge in [-0.15, -0.1) is 0 Å². The van der Waals surface area contributed by atoms with Crippen LogP contribution in [0.5, 0.6) is 0 Å². The molecule has 1 aromatic heterocycles. The quantitative estimate of drug-likeness (QED) is 0.817. The number of nitrogens with zero attached hydrogens (tertiary/aromatic N) is 2. The number of aryl methyl sites for hydroxylation is 1. The number of halogens is 2. The highest BCUT2D eigenvalue weighted by molar-refractivity contribution is 5.53. The summed E-state index contributed by atoms with van der Waals surface area (Å²) in [6.07, 6.45) is -0.558. The van der Waals surface area contributed by atoms with Gasteiger partial charge in [0.15, 0.2) is 0 Å². The molecule has 0 amide bonds. The number of nitrogens with two attached hydrogens (primary N) is 1. The summed E-state index contributed by atoms with van der Waals surface area (Å²) in [5, 5.41) is 3.06. The van der Waals surface area contributed by atoms with Crippen molar-refractivity contribution in [2.45, 2.75) is 39.5 Å². The Kier molecular flexibility index (Phi) is 5.57. The van der Waals surface area contributed by atoms with Crippen LogP contribution in [0.2, 0.25) is 0 Å². The van der Waals surface area contributed by atoms with Crippen LogP contribution in [-0.2, 0) is 24.3 Å². The summed E-state index contributed by atoms with van der Waals surface area (Å²) in [5.74, 6) is 0.451. The van der Waals surface area contributed by atoms with Crippen LogP contribution < -0.4 is 11.1 Å². The molecular formula is C16H20F2N4O. The third-order valence-corrected chi connectivity index (χ3v) is 3.23. The van der Waals surface area contributed by atoms with Gasteiger partial charge in [-0.1, -0.05) is 19.1 Å². The highest BCUT2D eigenvalue weighted by atomic mass is 19.3. The number of ether oxygens (including phenoxy) is 1. The first-order valence-electron chi connectivity index (χ1n) is 7.34. The maximum absolute atomic E-state index is 12.6. The molecular weight excluding hydrogens is 302 g/mol. The Morgan fingerprint density at radius 1 is 1.26 bits per heavy atom. The molecule has 23 heavy (non-hydrogen) atoms. The molecule has 5 nitrogen and oxygen atoms in total. The van der Waals surface area contributed by atoms with Crippen LogP contribution >= 0.6 is 0 Å². The van der Waals surface area contributed by atoms with E-state index in [1.807, 2.05) is 6.92 Å². The van der Waals surface area contributed by atoms with Gasteiger partial charge in [-0.3, -0.25) is 0 Å². The van der Waals surface area contributed by atoms with Crippen LogP contribution in [0, 0.1) is 0 Å². The monoisotopic (exact) mass is 322 g/mol. The third-order valence-electron chi connectivity index (χ3n) is 3.23. The third kappa shape index (κ3) is 5.22. The molecule has 2 rings (SSSR count). The lowest BCUT2D eigenvalue weighted by molar-refractivity contribution is -0.231. The van der Waals surface area contributed by atoms with E-state index in [-0.39, 0.29) is 6.61 Å². The van der Waals surface area contributed by atoms with Gasteiger partial charge in [-0.2, -0.15) is 8.78 Å². The average molecular weight is 322 g/mol. The Morgan fingerprint density at radius 2 is 1.96 bits per heavy atom. The standard InChI is InChI=1S/C16H20F2N4O/c1-3-12-9-20-15(22-14(12)8-19)21-13-6-4-11(5-7-13)10-23-16(2,17)18/h4-7,9H,3,8,10,19H2,1-2H3,(H,20,21,22). The SMILES string of the molecule is CCc1cnc(Nc2ccc(COC(C)(F)F)cc2)nc1CN. The molecule has 2 aromatic rings. The fourth-order valence-corrected chi connectivity index (χ4v) is 2.00. The molecule has 1 aromatic carbocycles. The summed E-state index contributed by atoms with van der Waals surface area (Å²) in [6, 6.07) is 6.92.